The molecule has 0 spiro atoms. The summed E-state index contributed by atoms with van der Waals surface area (Å²) >= 11 is 0. The quantitative estimate of drug-likeness (QED) is 0.393. The number of nitrogens with one attached hydrogen (secondary N) is 4. The van der Waals surface area contributed by atoms with Gasteiger partial charge in [0.05, 0.1) is 10.9 Å². The molecule has 0 fully saturated rings. The lowest BCUT2D eigenvalue weighted by atomic mass is 10.0. The number of amides is 3. The van der Waals surface area contributed by atoms with Crippen LogP contribution < -0.4 is 27.2 Å². The standard InChI is InChI=1S/C25H32N6O4/c1-6-11-31-21-20(23(33)30-25(31)35)18(12-19(29-21)14(2)3)22(32)26-13-16-7-9-17(10-8-16)28-24(34)27-15(4)5/h7-10,12,14-15H,6,11,13H2,1-5H3,(H,26,32)(H2,27,28,34)(H,30,33,35). The molecule has 0 aliphatic rings. The van der Waals surface area contributed by atoms with Gasteiger partial charge >= 0.3 is 11.7 Å². The summed E-state index contributed by atoms with van der Waals surface area (Å²) in [6.45, 7) is 10.1. The van der Waals surface area contributed by atoms with Crippen LogP contribution in [0.2, 0.25) is 0 Å². The van der Waals surface area contributed by atoms with Crippen molar-refractivity contribution >= 4 is 28.7 Å². The third-order valence-corrected chi connectivity index (χ3v) is 5.34. The van der Waals surface area contributed by atoms with Crippen molar-refractivity contribution in [2.75, 3.05) is 5.32 Å². The molecular formula is C25H32N6O4. The first-order valence-corrected chi connectivity index (χ1v) is 11.7. The van der Waals surface area contributed by atoms with Gasteiger partial charge in [0, 0.05) is 30.5 Å². The molecule has 10 heteroatoms. The molecule has 0 radical (unpaired) electrons. The topological polar surface area (TPSA) is 138 Å². The highest BCUT2D eigenvalue weighted by Crippen LogP contribution is 2.20. The number of carbonyl (C=O) groups is 2. The molecule has 186 valence electrons. The number of carbonyl (C=O) groups excluding carboxylic acids is 2. The Labute approximate surface area is 203 Å². The van der Waals surface area contributed by atoms with Crippen molar-refractivity contribution in [1.29, 1.82) is 0 Å². The van der Waals surface area contributed by atoms with Crippen LogP contribution in [0.1, 0.15) is 68.6 Å². The number of hydrogen-bond acceptors (Lipinski definition) is 5. The number of aromatic nitrogens is 3. The van der Waals surface area contributed by atoms with Crippen molar-refractivity contribution in [2.24, 2.45) is 0 Å². The number of hydrogen-bond donors (Lipinski definition) is 4. The minimum atomic E-state index is -0.639. The van der Waals surface area contributed by atoms with Gasteiger partial charge < -0.3 is 16.0 Å². The van der Waals surface area contributed by atoms with Crippen LogP contribution in [0.5, 0.6) is 0 Å². The Bertz CT molecular complexity index is 1340. The summed E-state index contributed by atoms with van der Waals surface area (Å²) in [5.41, 5.74) is 1.26. The van der Waals surface area contributed by atoms with Gasteiger partial charge in [-0.25, -0.2) is 14.6 Å². The molecule has 1 aromatic carbocycles. The smallest absolute Gasteiger partial charge is 0.329 e. The molecule has 0 atom stereocenters. The van der Waals surface area contributed by atoms with E-state index < -0.39 is 17.2 Å². The molecule has 10 nitrogen and oxygen atoms in total. The van der Waals surface area contributed by atoms with Crippen molar-refractivity contribution in [2.45, 2.75) is 66.1 Å². The summed E-state index contributed by atoms with van der Waals surface area (Å²) in [5.74, 6) is -0.451. The number of anilines is 1. The summed E-state index contributed by atoms with van der Waals surface area (Å²) in [4.78, 5) is 57.0. The molecule has 0 bridgehead atoms. The molecule has 3 amide bonds. The Morgan fingerprint density at radius 1 is 1.09 bits per heavy atom. The fourth-order valence-corrected chi connectivity index (χ4v) is 3.61. The second-order valence-electron chi connectivity index (χ2n) is 8.99. The van der Waals surface area contributed by atoms with Gasteiger partial charge in [0.1, 0.15) is 0 Å². The fraction of sp³-hybridized carbons (Fsp3) is 0.400. The van der Waals surface area contributed by atoms with Crippen LogP contribution in [0.25, 0.3) is 11.0 Å². The van der Waals surface area contributed by atoms with Gasteiger partial charge in [-0.3, -0.25) is 19.1 Å². The van der Waals surface area contributed by atoms with Crippen LogP contribution in [0.15, 0.2) is 39.9 Å². The Hall–Kier alpha value is -3.95. The van der Waals surface area contributed by atoms with Gasteiger partial charge in [0.2, 0.25) is 0 Å². The fourth-order valence-electron chi connectivity index (χ4n) is 3.61. The summed E-state index contributed by atoms with van der Waals surface area (Å²) in [7, 11) is 0. The Balaban J connectivity index is 1.87. The maximum atomic E-state index is 13.2. The van der Waals surface area contributed by atoms with Gasteiger partial charge in [0.15, 0.2) is 5.65 Å². The lowest BCUT2D eigenvalue weighted by Gasteiger charge is -2.15. The van der Waals surface area contributed by atoms with Crippen LogP contribution in [0, 0.1) is 0 Å². The van der Waals surface area contributed by atoms with Crippen LogP contribution in [0.4, 0.5) is 10.5 Å². The van der Waals surface area contributed by atoms with Crippen LogP contribution >= 0.6 is 0 Å². The molecule has 2 heterocycles. The van der Waals surface area contributed by atoms with Crippen molar-refractivity contribution in [3.8, 4) is 0 Å². The van der Waals surface area contributed by atoms with E-state index in [9.17, 15) is 19.2 Å². The molecule has 0 aliphatic carbocycles. The van der Waals surface area contributed by atoms with E-state index in [0.29, 0.717) is 24.3 Å². The van der Waals surface area contributed by atoms with Gasteiger partial charge in [-0.05, 0) is 49.9 Å². The normalized spacial score (nSPS) is 11.2. The third kappa shape index (κ3) is 6.14. The van der Waals surface area contributed by atoms with E-state index in [1.54, 1.807) is 30.3 Å². The van der Waals surface area contributed by atoms with Crippen molar-refractivity contribution < 1.29 is 9.59 Å². The van der Waals surface area contributed by atoms with Gasteiger partial charge in [0.25, 0.3) is 11.5 Å². The maximum absolute atomic E-state index is 13.2. The molecule has 2 aromatic heterocycles. The summed E-state index contributed by atoms with van der Waals surface area (Å²) in [6.07, 6.45) is 0.667. The second kappa shape index (κ2) is 11.0. The number of rotatable bonds is 8. The van der Waals surface area contributed by atoms with Crippen LogP contribution in [-0.4, -0.2) is 32.5 Å². The molecule has 0 saturated heterocycles. The number of fused-ring (bicyclic) bond motifs is 1. The predicted octanol–water partition coefficient (Wildman–Crippen LogP) is 3.08. The first-order chi connectivity index (χ1) is 16.6. The number of urea groups is 1. The van der Waals surface area contributed by atoms with Crippen molar-refractivity contribution in [3.05, 3.63) is 68.0 Å². The molecule has 0 unspecified atom stereocenters. The second-order valence-corrected chi connectivity index (χ2v) is 8.99. The van der Waals surface area contributed by atoms with Crippen molar-refractivity contribution in [1.82, 2.24) is 25.2 Å². The van der Waals surface area contributed by atoms with E-state index in [-0.39, 0.29) is 41.1 Å². The van der Waals surface area contributed by atoms with E-state index in [4.69, 9.17) is 0 Å². The molecule has 3 rings (SSSR count). The number of H-pyrrole nitrogens is 1. The summed E-state index contributed by atoms with van der Waals surface area (Å²) in [6, 6.07) is 8.41. The third-order valence-electron chi connectivity index (χ3n) is 5.34. The van der Waals surface area contributed by atoms with Gasteiger partial charge in [-0.1, -0.05) is 32.9 Å². The summed E-state index contributed by atoms with van der Waals surface area (Å²) < 4.78 is 1.40. The van der Waals surface area contributed by atoms with Crippen LogP contribution in [0.3, 0.4) is 0 Å². The lowest BCUT2D eigenvalue weighted by molar-refractivity contribution is 0.0952. The zero-order valence-corrected chi connectivity index (χ0v) is 20.7. The molecular weight excluding hydrogens is 448 g/mol. The van der Waals surface area contributed by atoms with E-state index in [1.165, 1.54) is 4.57 Å². The first-order valence-electron chi connectivity index (χ1n) is 11.7. The highest BCUT2D eigenvalue weighted by Gasteiger charge is 2.20. The predicted molar refractivity (Wildman–Crippen MR) is 136 cm³/mol. The zero-order chi connectivity index (χ0) is 25.7. The van der Waals surface area contributed by atoms with E-state index in [0.717, 1.165) is 5.56 Å². The monoisotopic (exact) mass is 480 g/mol. The average molecular weight is 481 g/mol. The molecule has 0 aliphatic heterocycles. The largest absolute Gasteiger partial charge is 0.348 e. The average Bonchev–Trinajstić information content (AvgIpc) is 2.79. The zero-order valence-electron chi connectivity index (χ0n) is 20.7. The minimum absolute atomic E-state index is 0.0108. The number of aromatic amines is 1. The maximum Gasteiger partial charge on any atom is 0.329 e. The van der Waals surface area contributed by atoms with Gasteiger partial charge in [-0.15, -0.1) is 0 Å². The van der Waals surface area contributed by atoms with Gasteiger partial charge in [-0.2, -0.15) is 0 Å². The van der Waals surface area contributed by atoms with Crippen LogP contribution in [-0.2, 0) is 13.1 Å². The number of benzene rings is 1. The minimum Gasteiger partial charge on any atom is -0.348 e. The molecule has 3 aromatic rings. The molecule has 0 saturated carbocycles. The van der Waals surface area contributed by atoms with E-state index in [2.05, 4.69) is 25.9 Å². The highest BCUT2D eigenvalue weighted by molar-refractivity contribution is 6.05. The summed E-state index contributed by atoms with van der Waals surface area (Å²) in [5, 5.41) is 8.43. The van der Waals surface area contributed by atoms with E-state index >= 15 is 0 Å². The number of pyridine rings is 1. The van der Waals surface area contributed by atoms with E-state index in [1.807, 2.05) is 34.6 Å². The Morgan fingerprint density at radius 3 is 2.37 bits per heavy atom. The molecule has 35 heavy (non-hydrogen) atoms. The number of nitrogens with zero attached hydrogens (tertiary/aromatic N) is 2. The molecule has 4 N–H and O–H groups in total. The highest BCUT2D eigenvalue weighted by atomic mass is 16.2. The van der Waals surface area contributed by atoms with Crippen molar-refractivity contribution in [3.63, 3.8) is 0 Å². The number of aryl methyl sites for hydroxylation is 1. The lowest BCUT2D eigenvalue weighted by Crippen LogP contribution is -2.34. The SMILES string of the molecule is CCCn1c(=O)[nH]c(=O)c2c(C(=O)NCc3ccc(NC(=O)NC(C)C)cc3)cc(C(C)C)nc21. The Kier molecular flexibility index (Phi) is 8.06. The Morgan fingerprint density at radius 2 is 1.77 bits per heavy atom. The first kappa shape index (κ1) is 25.7.